The van der Waals surface area contributed by atoms with Crippen LogP contribution in [-0.4, -0.2) is 23.0 Å². The molecule has 6 heteroatoms. The van der Waals surface area contributed by atoms with Gasteiger partial charge in [-0.2, -0.15) is 0 Å². The molecule has 1 aromatic heterocycles. The van der Waals surface area contributed by atoms with Crippen LogP contribution in [0.25, 0.3) is 0 Å². The number of benzene rings is 1. The lowest BCUT2D eigenvalue weighted by atomic mass is 10.2. The van der Waals surface area contributed by atoms with Crippen LogP contribution in [0.3, 0.4) is 0 Å². The minimum absolute atomic E-state index is 0.0448. The first kappa shape index (κ1) is 15.6. The highest BCUT2D eigenvalue weighted by molar-refractivity contribution is 5.97. The molecule has 1 heterocycles. The minimum Gasteiger partial charge on any atom is -0.449 e. The second-order valence-electron chi connectivity index (χ2n) is 4.51. The maximum Gasteiger partial charge on any atom is 0.340 e. The Labute approximate surface area is 127 Å². The van der Waals surface area contributed by atoms with Gasteiger partial charge in [0, 0.05) is 12.4 Å². The van der Waals surface area contributed by atoms with Gasteiger partial charge in [0.05, 0.1) is 11.3 Å². The van der Waals surface area contributed by atoms with Crippen LogP contribution < -0.4 is 5.32 Å². The Hall–Kier alpha value is -2.76. The first-order valence-corrected chi connectivity index (χ1v) is 6.78. The molecule has 1 N–H and O–H groups in total. The molecule has 1 aromatic carbocycles. The lowest BCUT2D eigenvalue weighted by Gasteiger charge is -2.16. The molecular formula is C16H15FN2O3. The molecule has 0 bridgehead atoms. The average molecular weight is 302 g/mol. The number of aromatic nitrogens is 1. The molecule has 22 heavy (non-hydrogen) atoms. The topological polar surface area (TPSA) is 68.3 Å². The van der Waals surface area contributed by atoms with E-state index in [-0.39, 0.29) is 17.7 Å². The van der Waals surface area contributed by atoms with Gasteiger partial charge in [0.25, 0.3) is 5.91 Å². The van der Waals surface area contributed by atoms with Crippen molar-refractivity contribution in [1.29, 1.82) is 0 Å². The third-order valence-electron chi connectivity index (χ3n) is 2.94. The van der Waals surface area contributed by atoms with E-state index in [1.807, 2.05) is 0 Å². The third kappa shape index (κ3) is 3.88. The molecule has 0 aliphatic carbocycles. The summed E-state index contributed by atoms with van der Waals surface area (Å²) in [6.45, 7) is 1.70. The molecule has 5 nitrogen and oxygen atoms in total. The van der Waals surface area contributed by atoms with Crippen molar-refractivity contribution in [2.75, 3.05) is 5.32 Å². The summed E-state index contributed by atoms with van der Waals surface area (Å²) in [5, 5.41) is 2.41. The Morgan fingerprint density at radius 2 is 2.05 bits per heavy atom. The number of para-hydroxylation sites is 1. The average Bonchev–Trinajstić information content (AvgIpc) is 2.55. The zero-order valence-corrected chi connectivity index (χ0v) is 12.0. The van der Waals surface area contributed by atoms with E-state index in [0.29, 0.717) is 0 Å². The maximum atomic E-state index is 13.5. The van der Waals surface area contributed by atoms with Gasteiger partial charge in [0.2, 0.25) is 0 Å². The summed E-state index contributed by atoms with van der Waals surface area (Å²) >= 11 is 0. The van der Waals surface area contributed by atoms with Crippen molar-refractivity contribution in [2.45, 2.75) is 19.4 Å². The van der Waals surface area contributed by atoms with Gasteiger partial charge in [-0.1, -0.05) is 19.1 Å². The van der Waals surface area contributed by atoms with Gasteiger partial charge in [-0.3, -0.25) is 9.78 Å². The Balaban J connectivity index is 2.03. The number of nitrogens with zero attached hydrogens (tertiary/aromatic N) is 1. The number of esters is 1. The fourth-order valence-electron chi connectivity index (χ4n) is 1.78. The van der Waals surface area contributed by atoms with Crippen LogP contribution in [0.15, 0.2) is 48.8 Å². The fraction of sp³-hybridized carbons (Fsp3) is 0.188. The normalized spacial score (nSPS) is 11.5. The molecule has 2 rings (SSSR count). The number of anilines is 1. The zero-order chi connectivity index (χ0) is 15.9. The highest BCUT2D eigenvalue weighted by Crippen LogP contribution is 2.14. The van der Waals surface area contributed by atoms with Crippen LogP contribution in [0.5, 0.6) is 0 Å². The fourth-order valence-corrected chi connectivity index (χ4v) is 1.78. The SMILES string of the molecule is CCC(OC(=O)c1cccnc1)C(=O)Nc1ccccc1F. The van der Waals surface area contributed by atoms with Crippen LogP contribution >= 0.6 is 0 Å². The number of hydrogen-bond donors (Lipinski definition) is 1. The molecule has 1 amide bonds. The number of nitrogens with one attached hydrogen (secondary N) is 1. The number of carbonyl (C=O) groups is 2. The van der Waals surface area contributed by atoms with E-state index < -0.39 is 23.8 Å². The molecule has 0 radical (unpaired) electrons. The van der Waals surface area contributed by atoms with Crippen molar-refractivity contribution in [3.05, 3.63) is 60.2 Å². The van der Waals surface area contributed by atoms with Crippen molar-refractivity contribution in [2.24, 2.45) is 0 Å². The largest absolute Gasteiger partial charge is 0.449 e. The smallest absolute Gasteiger partial charge is 0.340 e. The van der Waals surface area contributed by atoms with Crippen LogP contribution in [-0.2, 0) is 9.53 Å². The Bertz CT molecular complexity index is 661. The molecule has 114 valence electrons. The molecule has 0 spiro atoms. The second-order valence-corrected chi connectivity index (χ2v) is 4.51. The van der Waals surface area contributed by atoms with Crippen LogP contribution in [0, 0.1) is 5.82 Å². The summed E-state index contributed by atoms with van der Waals surface area (Å²) < 4.78 is 18.7. The number of rotatable bonds is 5. The van der Waals surface area contributed by atoms with Gasteiger partial charge < -0.3 is 10.1 Å². The molecular weight excluding hydrogens is 287 g/mol. The van der Waals surface area contributed by atoms with Gasteiger partial charge in [-0.25, -0.2) is 9.18 Å². The van der Waals surface area contributed by atoms with E-state index in [1.165, 1.54) is 36.7 Å². The molecule has 0 aliphatic rings. The first-order valence-electron chi connectivity index (χ1n) is 6.78. The third-order valence-corrected chi connectivity index (χ3v) is 2.94. The minimum atomic E-state index is -1.01. The quantitative estimate of drug-likeness (QED) is 0.862. The van der Waals surface area contributed by atoms with E-state index in [9.17, 15) is 14.0 Å². The van der Waals surface area contributed by atoms with Crippen molar-refractivity contribution in [3.63, 3.8) is 0 Å². The van der Waals surface area contributed by atoms with Crippen LogP contribution in [0.1, 0.15) is 23.7 Å². The lowest BCUT2D eigenvalue weighted by molar-refractivity contribution is -0.124. The Morgan fingerprint density at radius 3 is 2.68 bits per heavy atom. The van der Waals surface area contributed by atoms with E-state index >= 15 is 0 Å². The molecule has 1 unspecified atom stereocenters. The van der Waals surface area contributed by atoms with Gasteiger partial charge >= 0.3 is 5.97 Å². The van der Waals surface area contributed by atoms with E-state index in [0.717, 1.165) is 0 Å². The van der Waals surface area contributed by atoms with Gasteiger partial charge in [0.1, 0.15) is 5.82 Å². The Morgan fingerprint density at radius 1 is 1.27 bits per heavy atom. The summed E-state index contributed by atoms with van der Waals surface area (Å²) in [6.07, 6.45) is 2.14. The van der Waals surface area contributed by atoms with E-state index in [2.05, 4.69) is 10.3 Å². The summed E-state index contributed by atoms with van der Waals surface area (Å²) in [7, 11) is 0. The predicted octanol–water partition coefficient (Wildman–Crippen LogP) is 2.79. The van der Waals surface area contributed by atoms with E-state index in [1.54, 1.807) is 19.1 Å². The lowest BCUT2D eigenvalue weighted by Crippen LogP contribution is -2.32. The van der Waals surface area contributed by atoms with Gasteiger partial charge in [-0.15, -0.1) is 0 Å². The molecule has 0 aliphatic heterocycles. The predicted molar refractivity (Wildman–Crippen MR) is 78.8 cm³/mol. The summed E-state index contributed by atoms with van der Waals surface area (Å²) in [5.74, 6) is -1.78. The van der Waals surface area contributed by atoms with Crippen molar-refractivity contribution in [1.82, 2.24) is 4.98 Å². The highest BCUT2D eigenvalue weighted by atomic mass is 19.1. The van der Waals surface area contributed by atoms with Gasteiger partial charge in [-0.05, 0) is 30.7 Å². The number of pyridine rings is 1. The molecule has 1 atom stereocenters. The number of carbonyl (C=O) groups excluding carboxylic acids is 2. The highest BCUT2D eigenvalue weighted by Gasteiger charge is 2.22. The number of ether oxygens (including phenoxy) is 1. The van der Waals surface area contributed by atoms with Gasteiger partial charge in [0.15, 0.2) is 6.10 Å². The van der Waals surface area contributed by atoms with Crippen molar-refractivity contribution < 1.29 is 18.7 Å². The second kappa shape index (κ2) is 7.31. The van der Waals surface area contributed by atoms with Crippen molar-refractivity contribution in [3.8, 4) is 0 Å². The standard InChI is InChI=1S/C16H15FN2O3/c1-2-14(22-16(21)11-6-5-9-18-10-11)15(20)19-13-8-4-3-7-12(13)17/h3-10,14H,2H2,1H3,(H,19,20). The number of amides is 1. The summed E-state index contributed by atoms with van der Waals surface area (Å²) in [6, 6.07) is 8.92. The molecule has 2 aromatic rings. The Kier molecular flexibility index (Phi) is 5.19. The molecule has 0 fully saturated rings. The monoisotopic (exact) mass is 302 g/mol. The molecule has 0 saturated carbocycles. The molecule has 0 saturated heterocycles. The number of halogens is 1. The van der Waals surface area contributed by atoms with Crippen LogP contribution in [0.4, 0.5) is 10.1 Å². The zero-order valence-electron chi connectivity index (χ0n) is 12.0. The maximum absolute atomic E-state index is 13.5. The van der Waals surface area contributed by atoms with Crippen molar-refractivity contribution >= 4 is 17.6 Å². The van der Waals surface area contributed by atoms with E-state index in [4.69, 9.17) is 4.74 Å². The summed E-state index contributed by atoms with van der Waals surface area (Å²) in [4.78, 5) is 27.8. The first-order chi connectivity index (χ1) is 10.6. The number of hydrogen-bond acceptors (Lipinski definition) is 4. The summed E-state index contributed by atoms with van der Waals surface area (Å²) in [5.41, 5.74) is 0.294. The van der Waals surface area contributed by atoms with Crippen LogP contribution in [0.2, 0.25) is 0 Å².